The molecule has 0 radical (unpaired) electrons. The SMILES string of the molecule is O=C(O)[C@@H](CCCc1ccccc1)CC1(c2ccc(-c3ccc(Br)cc3)cc2)OCCO1. The highest BCUT2D eigenvalue weighted by atomic mass is 79.9. The number of carboxylic acids is 1. The molecule has 0 bridgehead atoms. The van der Waals surface area contributed by atoms with E-state index >= 15 is 0 Å². The molecule has 1 aliphatic heterocycles. The number of hydrogen-bond acceptors (Lipinski definition) is 3. The lowest BCUT2D eigenvalue weighted by atomic mass is 9.88. The lowest BCUT2D eigenvalue weighted by molar-refractivity contribution is -0.185. The van der Waals surface area contributed by atoms with E-state index in [2.05, 4.69) is 40.2 Å². The first-order valence-electron chi connectivity index (χ1n) is 11.0. The third kappa shape index (κ3) is 5.47. The molecule has 1 heterocycles. The maximum atomic E-state index is 12.1. The van der Waals surface area contributed by atoms with Gasteiger partial charge in [-0.2, -0.15) is 0 Å². The van der Waals surface area contributed by atoms with Gasteiger partial charge in [-0.1, -0.05) is 82.7 Å². The number of hydrogen-bond donors (Lipinski definition) is 1. The van der Waals surface area contributed by atoms with Crippen LogP contribution in [0, 0.1) is 5.92 Å². The minimum Gasteiger partial charge on any atom is -0.481 e. The van der Waals surface area contributed by atoms with Gasteiger partial charge in [-0.3, -0.25) is 4.79 Å². The largest absolute Gasteiger partial charge is 0.481 e. The van der Waals surface area contributed by atoms with Crippen molar-refractivity contribution in [2.45, 2.75) is 31.5 Å². The smallest absolute Gasteiger partial charge is 0.306 e. The summed E-state index contributed by atoms with van der Waals surface area (Å²) >= 11 is 3.47. The zero-order chi connectivity index (χ0) is 22.4. The van der Waals surface area contributed by atoms with Crippen molar-refractivity contribution in [1.29, 1.82) is 0 Å². The van der Waals surface area contributed by atoms with Crippen molar-refractivity contribution in [3.05, 3.63) is 94.5 Å². The van der Waals surface area contributed by atoms with Crippen LogP contribution in [0.2, 0.25) is 0 Å². The highest BCUT2D eigenvalue weighted by molar-refractivity contribution is 9.10. The van der Waals surface area contributed by atoms with Gasteiger partial charge in [0.25, 0.3) is 0 Å². The quantitative estimate of drug-likeness (QED) is 0.372. The second-order valence-corrected chi connectivity index (χ2v) is 9.07. The van der Waals surface area contributed by atoms with Crippen LogP contribution in [0.3, 0.4) is 0 Å². The van der Waals surface area contributed by atoms with Gasteiger partial charge < -0.3 is 14.6 Å². The van der Waals surface area contributed by atoms with Gasteiger partial charge in [0.15, 0.2) is 5.79 Å². The Morgan fingerprint density at radius 2 is 1.50 bits per heavy atom. The van der Waals surface area contributed by atoms with Crippen LogP contribution in [-0.4, -0.2) is 24.3 Å². The molecule has 0 aromatic heterocycles. The molecule has 3 aromatic rings. The Labute approximate surface area is 197 Å². The summed E-state index contributed by atoms with van der Waals surface area (Å²) in [7, 11) is 0. The molecule has 166 valence electrons. The van der Waals surface area contributed by atoms with Crippen LogP contribution in [0.25, 0.3) is 11.1 Å². The Morgan fingerprint density at radius 1 is 0.906 bits per heavy atom. The van der Waals surface area contributed by atoms with Crippen LogP contribution < -0.4 is 0 Å². The van der Waals surface area contributed by atoms with E-state index in [1.54, 1.807) is 0 Å². The fraction of sp³-hybridized carbons (Fsp3) is 0.296. The third-order valence-corrected chi connectivity index (χ3v) is 6.51. The third-order valence-electron chi connectivity index (χ3n) is 5.98. The molecule has 1 N–H and O–H groups in total. The Morgan fingerprint density at radius 3 is 2.09 bits per heavy atom. The Bertz CT molecular complexity index is 1010. The first-order chi connectivity index (χ1) is 15.6. The molecule has 4 nitrogen and oxygen atoms in total. The molecule has 0 amide bonds. The van der Waals surface area contributed by atoms with Crippen LogP contribution in [0.1, 0.15) is 30.4 Å². The number of aryl methyl sites for hydroxylation is 1. The summed E-state index contributed by atoms with van der Waals surface area (Å²) in [6.45, 7) is 0.926. The van der Waals surface area contributed by atoms with Crippen LogP contribution in [0.5, 0.6) is 0 Å². The van der Waals surface area contributed by atoms with E-state index in [-0.39, 0.29) is 0 Å². The van der Waals surface area contributed by atoms with Crippen LogP contribution in [0.4, 0.5) is 0 Å². The molecule has 0 aliphatic carbocycles. The van der Waals surface area contributed by atoms with Gasteiger partial charge in [0.2, 0.25) is 0 Å². The first-order valence-corrected chi connectivity index (χ1v) is 11.8. The van der Waals surface area contributed by atoms with Crippen LogP contribution >= 0.6 is 15.9 Å². The summed E-state index contributed by atoms with van der Waals surface area (Å²) in [6.07, 6.45) is 2.55. The number of carboxylic acid groups (broad SMARTS) is 1. The number of benzene rings is 3. The summed E-state index contributed by atoms with van der Waals surface area (Å²) in [5.41, 5.74) is 4.30. The van der Waals surface area contributed by atoms with E-state index in [1.807, 2.05) is 54.6 Å². The first kappa shape index (κ1) is 22.7. The molecule has 32 heavy (non-hydrogen) atoms. The minimum absolute atomic E-state index is 0.300. The molecule has 0 spiro atoms. The zero-order valence-electron chi connectivity index (χ0n) is 17.9. The maximum Gasteiger partial charge on any atom is 0.306 e. The van der Waals surface area contributed by atoms with Crippen molar-refractivity contribution in [3.63, 3.8) is 0 Å². The van der Waals surface area contributed by atoms with Crippen molar-refractivity contribution >= 4 is 21.9 Å². The average molecular weight is 495 g/mol. The fourth-order valence-electron chi connectivity index (χ4n) is 4.25. The van der Waals surface area contributed by atoms with Gasteiger partial charge in [0.05, 0.1) is 19.1 Å². The monoisotopic (exact) mass is 494 g/mol. The van der Waals surface area contributed by atoms with E-state index in [0.29, 0.717) is 26.1 Å². The molecule has 1 atom stereocenters. The van der Waals surface area contributed by atoms with Crippen molar-refractivity contribution in [3.8, 4) is 11.1 Å². The van der Waals surface area contributed by atoms with Crippen molar-refractivity contribution < 1.29 is 19.4 Å². The van der Waals surface area contributed by atoms with Gasteiger partial charge >= 0.3 is 5.97 Å². The zero-order valence-corrected chi connectivity index (χ0v) is 19.5. The van der Waals surface area contributed by atoms with Crippen molar-refractivity contribution in [2.24, 2.45) is 5.92 Å². The minimum atomic E-state index is -1.01. The van der Waals surface area contributed by atoms with Crippen molar-refractivity contribution in [1.82, 2.24) is 0 Å². The summed E-state index contributed by atoms with van der Waals surface area (Å²) in [6, 6.07) is 26.4. The van der Waals surface area contributed by atoms with Gasteiger partial charge in [-0.15, -0.1) is 0 Å². The number of ether oxygens (including phenoxy) is 2. The molecule has 0 saturated carbocycles. The molecule has 1 saturated heterocycles. The van der Waals surface area contributed by atoms with Crippen LogP contribution in [-0.2, 0) is 26.5 Å². The maximum absolute atomic E-state index is 12.1. The average Bonchev–Trinajstić information content (AvgIpc) is 3.29. The number of halogens is 1. The van der Waals surface area contributed by atoms with Gasteiger partial charge in [0, 0.05) is 16.5 Å². The molecule has 1 fully saturated rings. The molecule has 3 aromatic carbocycles. The van der Waals surface area contributed by atoms with Gasteiger partial charge in [0.1, 0.15) is 0 Å². The fourth-order valence-corrected chi connectivity index (χ4v) is 4.51. The predicted octanol–water partition coefficient (Wildman–Crippen LogP) is 6.43. The molecule has 0 unspecified atom stereocenters. The molecule has 5 heteroatoms. The number of aliphatic carboxylic acids is 1. The predicted molar refractivity (Wildman–Crippen MR) is 128 cm³/mol. The van der Waals surface area contributed by atoms with Gasteiger partial charge in [-0.05, 0) is 48.1 Å². The summed E-state index contributed by atoms with van der Waals surface area (Å²) in [5, 5.41) is 9.89. The highest BCUT2D eigenvalue weighted by Crippen LogP contribution is 2.39. The molecular formula is C27H27BrO4. The van der Waals surface area contributed by atoms with Crippen LogP contribution in [0.15, 0.2) is 83.3 Å². The van der Waals surface area contributed by atoms with E-state index in [0.717, 1.165) is 34.0 Å². The number of rotatable bonds is 9. The van der Waals surface area contributed by atoms with E-state index in [9.17, 15) is 9.90 Å². The summed E-state index contributed by atoms with van der Waals surface area (Å²) in [5.74, 6) is -2.35. The Hall–Kier alpha value is -2.47. The Balaban J connectivity index is 1.48. The normalized spacial score (nSPS) is 16.0. The summed E-state index contributed by atoms with van der Waals surface area (Å²) < 4.78 is 13.1. The van der Waals surface area contributed by atoms with E-state index < -0.39 is 17.7 Å². The summed E-state index contributed by atoms with van der Waals surface area (Å²) in [4.78, 5) is 12.1. The lowest BCUT2D eigenvalue weighted by Crippen LogP contribution is -2.33. The van der Waals surface area contributed by atoms with Gasteiger partial charge in [-0.25, -0.2) is 0 Å². The van der Waals surface area contributed by atoms with Crippen molar-refractivity contribution in [2.75, 3.05) is 13.2 Å². The lowest BCUT2D eigenvalue weighted by Gasteiger charge is -2.30. The molecule has 4 rings (SSSR count). The van der Waals surface area contributed by atoms with E-state index in [1.165, 1.54) is 5.56 Å². The standard InChI is InChI=1S/C27H27BrO4/c28-25-15-11-22(12-16-25)21-9-13-24(14-10-21)27(31-17-18-32-27)19-23(26(29)30)8-4-7-20-5-2-1-3-6-20/h1-3,5-6,9-16,23H,4,7-8,17-19H2,(H,29,30)/t23-/m0/s1. The van der Waals surface area contributed by atoms with E-state index in [4.69, 9.17) is 9.47 Å². The number of carbonyl (C=O) groups is 1. The highest BCUT2D eigenvalue weighted by Gasteiger charge is 2.42. The Kier molecular flexibility index (Phi) is 7.40. The second kappa shape index (κ2) is 10.4. The molecule has 1 aliphatic rings. The topological polar surface area (TPSA) is 55.8 Å². The molecular weight excluding hydrogens is 468 g/mol. The second-order valence-electron chi connectivity index (χ2n) is 8.15.